The van der Waals surface area contributed by atoms with Gasteiger partial charge in [-0.3, -0.25) is 4.79 Å². The maximum absolute atomic E-state index is 12.6. The lowest BCUT2D eigenvalue weighted by atomic mass is 9.98. The summed E-state index contributed by atoms with van der Waals surface area (Å²) in [5, 5.41) is 3.34. The van der Waals surface area contributed by atoms with Crippen LogP contribution in [-0.2, 0) is 16.0 Å². The molecular weight excluding hydrogens is 328 g/mol. The van der Waals surface area contributed by atoms with Crippen LogP contribution >= 0.6 is 11.6 Å². The lowest BCUT2D eigenvalue weighted by molar-refractivity contribution is -0.125. The van der Waals surface area contributed by atoms with Gasteiger partial charge in [0, 0.05) is 20.5 Å². The molecule has 0 radical (unpaired) electrons. The van der Waals surface area contributed by atoms with Gasteiger partial charge in [0.1, 0.15) is 0 Å². The Balaban J connectivity index is 1.82. The maximum Gasteiger partial charge on any atom is 0.339 e. The summed E-state index contributed by atoms with van der Waals surface area (Å²) in [6, 6.07) is 12.4. The Labute approximate surface area is 145 Å². The molecule has 6 heteroatoms. The van der Waals surface area contributed by atoms with E-state index in [0.29, 0.717) is 28.4 Å². The Hall–Kier alpha value is -2.53. The van der Waals surface area contributed by atoms with E-state index in [2.05, 4.69) is 5.32 Å². The van der Waals surface area contributed by atoms with Crippen molar-refractivity contribution in [3.05, 3.63) is 58.6 Å². The molecule has 1 aliphatic rings. The Morgan fingerprint density at radius 3 is 2.71 bits per heavy atom. The zero-order chi connectivity index (χ0) is 17.3. The number of nitrogens with zero attached hydrogens (tertiary/aromatic N) is 1. The number of cyclic esters (lactones) is 1. The first kappa shape index (κ1) is 16.3. The zero-order valence-corrected chi connectivity index (χ0v) is 14.1. The number of anilines is 2. The molecule has 0 bridgehead atoms. The molecule has 0 fully saturated rings. The summed E-state index contributed by atoms with van der Waals surface area (Å²) in [6.45, 7) is 0. The first-order chi connectivity index (χ1) is 11.5. The minimum Gasteiger partial charge on any atom is -0.448 e. The number of esters is 1. The van der Waals surface area contributed by atoms with E-state index < -0.39 is 12.1 Å². The van der Waals surface area contributed by atoms with Crippen molar-refractivity contribution < 1.29 is 14.3 Å². The van der Waals surface area contributed by atoms with E-state index in [0.717, 1.165) is 5.56 Å². The molecule has 1 amide bonds. The van der Waals surface area contributed by atoms with Crippen LogP contribution in [0.3, 0.4) is 0 Å². The molecular formula is C18H17ClN2O3. The summed E-state index contributed by atoms with van der Waals surface area (Å²) in [4.78, 5) is 26.4. The van der Waals surface area contributed by atoms with Crippen molar-refractivity contribution in [2.45, 2.75) is 12.5 Å². The fourth-order valence-corrected chi connectivity index (χ4v) is 3.11. The SMILES string of the molecule is CN(C)c1c(Cl)cccc1NC(=O)[C@@H]1Cc2ccccc2C(=O)O1. The van der Waals surface area contributed by atoms with Crippen LogP contribution in [0.2, 0.25) is 5.02 Å². The Bertz CT molecular complexity index is 805. The molecule has 24 heavy (non-hydrogen) atoms. The van der Waals surface area contributed by atoms with Crippen LogP contribution in [-0.4, -0.2) is 32.1 Å². The molecule has 1 atom stereocenters. The first-order valence-corrected chi connectivity index (χ1v) is 7.90. The van der Waals surface area contributed by atoms with Gasteiger partial charge >= 0.3 is 5.97 Å². The van der Waals surface area contributed by atoms with Crippen molar-refractivity contribution in [3.63, 3.8) is 0 Å². The van der Waals surface area contributed by atoms with E-state index in [-0.39, 0.29) is 5.91 Å². The fraction of sp³-hybridized carbons (Fsp3) is 0.222. The number of amides is 1. The monoisotopic (exact) mass is 344 g/mol. The lowest BCUT2D eigenvalue weighted by Crippen LogP contribution is -2.38. The van der Waals surface area contributed by atoms with Gasteiger partial charge < -0.3 is 15.0 Å². The molecule has 2 aromatic rings. The minimum absolute atomic E-state index is 0.353. The van der Waals surface area contributed by atoms with Gasteiger partial charge in [0.15, 0.2) is 6.10 Å². The van der Waals surface area contributed by atoms with Crippen molar-refractivity contribution in [3.8, 4) is 0 Å². The van der Waals surface area contributed by atoms with Crippen LogP contribution < -0.4 is 10.2 Å². The Morgan fingerprint density at radius 2 is 1.96 bits per heavy atom. The summed E-state index contributed by atoms with van der Waals surface area (Å²) >= 11 is 6.21. The van der Waals surface area contributed by atoms with Gasteiger partial charge in [-0.25, -0.2) is 4.79 Å². The highest BCUT2D eigenvalue weighted by atomic mass is 35.5. The number of rotatable bonds is 3. The zero-order valence-electron chi connectivity index (χ0n) is 13.4. The minimum atomic E-state index is -0.860. The van der Waals surface area contributed by atoms with Crippen LogP contribution in [0.1, 0.15) is 15.9 Å². The van der Waals surface area contributed by atoms with E-state index >= 15 is 0 Å². The number of halogens is 1. The third kappa shape index (κ3) is 3.08. The van der Waals surface area contributed by atoms with Crippen molar-refractivity contribution in [1.82, 2.24) is 0 Å². The molecule has 2 aromatic carbocycles. The number of carbonyl (C=O) groups is 2. The predicted octanol–water partition coefficient (Wildman–Crippen LogP) is 3.13. The molecule has 1 heterocycles. The molecule has 0 aliphatic carbocycles. The number of hydrogen-bond acceptors (Lipinski definition) is 4. The molecule has 5 nitrogen and oxygen atoms in total. The second-order valence-corrected chi connectivity index (χ2v) is 6.18. The van der Waals surface area contributed by atoms with Crippen LogP contribution in [0, 0.1) is 0 Å². The van der Waals surface area contributed by atoms with Crippen LogP contribution in [0.5, 0.6) is 0 Å². The molecule has 0 aromatic heterocycles. The third-order valence-corrected chi connectivity index (χ3v) is 4.18. The second kappa shape index (κ2) is 6.53. The normalized spacial score (nSPS) is 16.1. The maximum atomic E-state index is 12.6. The highest BCUT2D eigenvalue weighted by Gasteiger charge is 2.31. The average Bonchev–Trinajstić information content (AvgIpc) is 2.54. The highest BCUT2D eigenvalue weighted by molar-refractivity contribution is 6.34. The van der Waals surface area contributed by atoms with Crippen molar-refractivity contribution >= 4 is 34.9 Å². The number of ether oxygens (including phenoxy) is 1. The first-order valence-electron chi connectivity index (χ1n) is 7.53. The van der Waals surface area contributed by atoms with E-state index in [1.165, 1.54) is 0 Å². The molecule has 3 rings (SSSR count). The van der Waals surface area contributed by atoms with E-state index in [4.69, 9.17) is 16.3 Å². The quantitative estimate of drug-likeness (QED) is 0.869. The highest BCUT2D eigenvalue weighted by Crippen LogP contribution is 2.33. The van der Waals surface area contributed by atoms with Crippen molar-refractivity contribution in [1.29, 1.82) is 0 Å². The molecule has 0 unspecified atom stereocenters. The summed E-state index contributed by atoms with van der Waals surface area (Å²) < 4.78 is 5.28. The largest absolute Gasteiger partial charge is 0.448 e. The number of carbonyl (C=O) groups excluding carboxylic acids is 2. The topological polar surface area (TPSA) is 58.6 Å². The summed E-state index contributed by atoms with van der Waals surface area (Å²) in [6.07, 6.45) is -0.507. The van der Waals surface area contributed by atoms with Gasteiger partial charge in [0.2, 0.25) is 0 Å². The molecule has 0 saturated carbocycles. The predicted molar refractivity (Wildman–Crippen MR) is 93.8 cm³/mol. The van der Waals surface area contributed by atoms with Gasteiger partial charge in [0.25, 0.3) is 5.91 Å². The van der Waals surface area contributed by atoms with Crippen molar-refractivity contribution in [2.75, 3.05) is 24.3 Å². The molecule has 1 N–H and O–H groups in total. The van der Waals surface area contributed by atoms with Gasteiger partial charge in [-0.05, 0) is 23.8 Å². The summed E-state index contributed by atoms with van der Waals surface area (Å²) in [5.41, 5.74) is 2.61. The fourth-order valence-electron chi connectivity index (χ4n) is 2.76. The van der Waals surface area contributed by atoms with E-state index in [9.17, 15) is 9.59 Å². The number of para-hydroxylation sites is 1. The molecule has 0 saturated heterocycles. The number of fused-ring (bicyclic) bond motifs is 1. The third-order valence-electron chi connectivity index (χ3n) is 3.88. The Kier molecular flexibility index (Phi) is 4.44. The Morgan fingerprint density at radius 1 is 1.21 bits per heavy atom. The van der Waals surface area contributed by atoms with Crippen LogP contribution in [0.25, 0.3) is 0 Å². The van der Waals surface area contributed by atoms with Gasteiger partial charge in [0.05, 0.1) is 22.0 Å². The number of hydrogen-bond donors (Lipinski definition) is 1. The molecule has 1 aliphatic heterocycles. The lowest BCUT2D eigenvalue weighted by Gasteiger charge is -2.25. The van der Waals surface area contributed by atoms with Gasteiger partial charge in [-0.1, -0.05) is 35.9 Å². The average molecular weight is 345 g/mol. The van der Waals surface area contributed by atoms with Crippen LogP contribution in [0.4, 0.5) is 11.4 Å². The van der Waals surface area contributed by atoms with Crippen molar-refractivity contribution in [2.24, 2.45) is 0 Å². The second-order valence-electron chi connectivity index (χ2n) is 5.77. The number of benzene rings is 2. The molecule has 124 valence electrons. The molecule has 0 spiro atoms. The smallest absolute Gasteiger partial charge is 0.339 e. The van der Waals surface area contributed by atoms with E-state index in [1.807, 2.05) is 31.1 Å². The van der Waals surface area contributed by atoms with E-state index in [1.54, 1.807) is 30.3 Å². The van der Waals surface area contributed by atoms with Crippen LogP contribution in [0.15, 0.2) is 42.5 Å². The standard InChI is InChI=1S/C18H17ClN2O3/c1-21(2)16-13(19)8-5-9-14(16)20-17(22)15-10-11-6-3-4-7-12(11)18(23)24-15/h3-9,15H,10H2,1-2H3,(H,20,22)/t15-/m0/s1. The van der Waals surface area contributed by atoms with Gasteiger partial charge in [-0.15, -0.1) is 0 Å². The number of nitrogens with one attached hydrogen (secondary N) is 1. The summed E-state index contributed by atoms with van der Waals surface area (Å²) in [5.74, 6) is -0.848. The summed E-state index contributed by atoms with van der Waals surface area (Å²) in [7, 11) is 3.68. The van der Waals surface area contributed by atoms with Gasteiger partial charge in [-0.2, -0.15) is 0 Å².